The van der Waals surface area contributed by atoms with Gasteiger partial charge in [0.2, 0.25) is 0 Å². The van der Waals surface area contributed by atoms with Crippen molar-refractivity contribution in [1.29, 1.82) is 5.26 Å². The number of hydrogen-bond acceptors (Lipinski definition) is 6. The van der Waals surface area contributed by atoms with E-state index < -0.39 is 40.4 Å². The second-order valence-corrected chi connectivity index (χ2v) is 8.63. The fourth-order valence-electron chi connectivity index (χ4n) is 3.38. The number of halogens is 3. The average molecular weight is 450 g/mol. The summed E-state index contributed by atoms with van der Waals surface area (Å²) in [6.07, 6.45) is -3.32. The lowest BCUT2D eigenvalue weighted by molar-refractivity contribution is -0.137. The Morgan fingerprint density at radius 3 is 2.44 bits per heavy atom. The van der Waals surface area contributed by atoms with Crippen LogP contribution in [0.3, 0.4) is 0 Å². The van der Waals surface area contributed by atoms with Gasteiger partial charge in [-0.2, -0.15) is 18.4 Å². The maximum Gasteiger partial charge on any atom is 0.417 e. The van der Waals surface area contributed by atoms with Crippen molar-refractivity contribution in [1.82, 2.24) is 19.9 Å². The van der Waals surface area contributed by atoms with Crippen LogP contribution in [0, 0.1) is 11.3 Å². The van der Waals surface area contributed by atoms with Crippen molar-refractivity contribution < 1.29 is 27.9 Å². The largest absolute Gasteiger partial charge is 0.417 e. The second-order valence-electron chi connectivity index (χ2n) is 8.63. The number of nitrogens with zero attached hydrogens (tertiary/aromatic N) is 6. The van der Waals surface area contributed by atoms with Gasteiger partial charge < -0.3 is 10.0 Å². The highest BCUT2D eigenvalue weighted by Crippen LogP contribution is 2.38. The summed E-state index contributed by atoms with van der Waals surface area (Å²) in [4.78, 5) is 27.9. The van der Waals surface area contributed by atoms with Crippen molar-refractivity contribution in [2.45, 2.75) is 58.1 Å². The molecule has 170 valence electrons. The Bertz CT molecular complexity index is 1110. The maximum atomic E-state index is 13.3. The van der Waals surface area contributed by atoms with Gasteiger partial charge in [0.05, 0.1) is 47.8 Å². The second kappa shape index (κ2) is 7.59. The fraction of sp³-hybridized carbons (Fsp3) is 0.450. The first-order chi connectivity index (χ1) is 14.6. The Morgan fingerprint density at radius 2 is 1.88 bits per heavy atom. The summed E-state index contributed by atoms with van der Waals surface area (Å²) in [6.45, 7) is 6.15. The molecule has 1 aliphatic heterocycles. The molecule has 3 amide bonds. The van der Waals surface area contributed by atoms with Crippen LogP contribution in [0.5, 0.6) is 0 Å². The minimum absolute atomic E-state index is 0.123. The van der Waals surface area contributed by atoms with Crippen LogP contribution >= 0.6 is 0 Å². The van der Waals surface area contributed by atoms with Gasteiger partial charge in [-0.3, -0.25) is 4.79 Å². The molecule has 9 nitrogen and oxygen atoms in total. The van der Waals surface area contributed by atoms with Gasteiger partial charge in [-0.1, -0.05) is 5.21 Å². The molecule has 1 aromatic heterocycles. The molecule has 1 saturated heterocycles. The third-order valence-corrected chi connectivity index (χ3v) is 4.97. The number of rotatable bonds is 5. The molecule has 1 aliphatic rings. The molecule has 12 heteroatoms. The molecule has 1 fully saturated rings. The Hall–Kier alpha value is -3.46. The van der Waals surface area contributed by atoms with Gasteiger partial charge >= 0.3 is 12.2 Å². The first-order valence-corrected chi connectivity index (χ1v) is 9.54. The standard InChI is InChI=1S/C20H21F3N6O3/c1-18(2,32)11-27-9-13(25-26-27)10-28-17(31)29(16(30)19(28,3)4)14-6-5-12(8-24)15(7-14)20(21,22)23/h5-7,9,32H,10-11H2,1-4H3. The van der Waals surface area contributed by atoms with E-state index in [-0.39, 0.29) is 18.8 Å². The lowest BCUT2D eigenvalue weighted by Gasteiger charge is -2.26. The molecule has 3 rings (SSSR count). The van der Waals surface area contributed by atoms with E-state index in [4.69, 9.17) is 5.26 Å². The van der Waals surface area contributed by atoms with Gasteiger partial charge in [0.1, 0.15) is 11.2 Å². The molecule has 0 bridgehead atoms. The van der Waals surface area contributed by atoms with Crippen LogP contribution in [-0.2, 0) is 24.1 Å². The first-order valence-electron chi connectivity index (χ1n) is 9.54. The zero-order valence-electron chi connectivity index (χ0n) is 17.8. The molecule has 1 N–H and O–H groups in total. The number of alkyl halides is 3. The number of nitriles is 1. The maximum absolute atomic E-state index is 13.3. The number of anilines is 1. The summed E-state index contributed by atoms with van der Waals surface area (Å²) in [7, 11) is 0. The quantitative estimate of drug-likeness (QED) is 0.701. The molecule has 0 spiro atoms. The highest BCUT2D eigenvalue weighted by Gasteiger charge is 2.52. The molecule has 32 heavy (non-hydrogen) atoms. The zero-order chi connectivity index (χ0) is 24.1. The SMILES string of the molecule is CC(C)(O)Cn1cc(CN2C(=O)N(c3ccc(C#N)c(C(F)(F)F)c3)C(=O)C2(C)C)nn1. The van der Waals surface area contributed by atoms with Crippen molar-refractivity contribution in [3.63, 3.8) is 0 Å². The van der Waals surface area contributed by atoms with Crippen LogP contribution < -0.4 is 4.90 Å². The van der Waals surface area contributed by atoms with Crippen LogP contribution in [0.25, 0.3) is 0 Å². The predicted molar refractivity (Wildman–Crippen MR) is 105 cm³/mol. The molecular formula is C20H21F3N6O3. The lowest BCUT2D eigenvalue weighted by Crippen LogP contribution is -2.43. The number of carbonyl (C=O) groups excluding carboxylic acids is 2. The summed E-state index contributed by atoms with van der Waals surface area (Å²) in [5.41, 5.74) is -4.21. The third kappa shape index (κ3) is 4.29. The first kappa shape index (κ1) is 23.2. The molecule has 0 atom stereocenters. The zero-order valence-corrected chi connectivity index (χ0v) is 17.8. The third-order valence-electron chi connectivity index (χ3n) is 4.97. The van der Waals surface area contributed by atoms with Crippen molar-refractivity contribution in [3.05, 3.63) is 41.2 Å². The van der Waals surface area contributed by atoms with Gasteiger partial charge in [0, 0.05) is 0 Å². The van der Waals surface area contributed by atoms with E-state index in [1.165, 1.54) is 35.7 Å². The van der Waals surface area contributed by atoms with Gasteiger partial charge in [-0.05, 0) is 45.9 Å². The summed E-state index contributed by atoms with van der Waals surface area (Å²) in [6, 6.07) is 3.31. The highest BCUT2D eigenvalue weighted by atomic mass is 19.4. The van der Waals surface area contributed by atoms with E-state index in [0.29, 0.717) is 16.7 Å². The predicted octanol–water partition coefficient (Wildman–Crippen LogP) is 2.69. The van der Waals surface area contributed by atoms with Crippen LogP contribution in [0.1, 0.15) is 44.5 Å². The van der Waals surface area contributed by atoms with Gasteiger partial charge in [0.15, 0.2) is 0 Å². The van der Waals surface area contributed by atoms with E-state index in [0.717, 1.165) is 12.1 Å². The number of imide groups is 1. The Kier molecular flexibility index (Phi) is 5.51. The number of carbonyl (C=O) groups is 2. The number of hydrogen-bond donors (Lipinski definition) is 1. The van der Waals surface area contributed by atoms with E-state index in [1.54, 1.807) is 13.8 Å². The fourth-order valence-corrected chi connectivity index (χ4v) is 3.38. The molecule has 2 aromatic rings. The van der Waals surface area contributed by atoms with Gasteiger partial charge in [0.25, 0.3) is 5.91 Å². The Labute approximate surface area is 181 Å². The summed E-state index contributed by atoms with van der Waals surface area (Å²) in [5.74, 6) is -0.718. The molecule has 0 saturated carbocycles. The van der Waals surface area contributed by atoms with E-state index >= 15 is 0 Å². The molecule has 0 aliphatic carbocycles. The van der Waals surface area contributed by atoms with Gasteiger partial charge in [-0.15, -0.1) is 5.10 Å². The van der Waals surface area contributed by atoms with Crippen molar-refractivity contribution in [2.24, 2.45) is 0 Å². The number of urea groups is 1. The van der Waals surface area contributed by atoms with Crippen LogP contribution in [0.15, 0.2) is 24.4 Å². The Balaban J connectivity index is 1.93. The number of benzene rings is 1. The smallest absolute Gasteiger partial charge is 0.389 e. The Morgan fingerprint density at radius 1 is 1.22 bits per heavy atom. The van der Waals surface area contributed by atoms with E-state index in [2.05, 4.69) is 10.3 Å². The number of aliphatic hydroxyl groups is 1. The van der Waals surface area contributed by atoms with E-state index in [9.17, 15) is 27.9 Å². The number of amides is 3. The van der Waals surface area contributed by atoms with Crippen molar-refractivity contribution in [2.75, 3.05) is 4.90 Å². The van der Waals surface area contributed by atoms with Crippen LogP contribution in [0.4, 0.5) is 23.7 Å². The topological polar surface area (TPSA) is 115 Å². The van der Waals surface area contributed by atoms with Crippen molar-refractivity contribution in [3.8, 4) is 6.07 Å². The van der Waals surface area contributed by atoms with E-state index in [1.807, 2.05) is 0 Å². The minimum Gasteiger partial charge on any atom is -0.389 e. The summed E-state index contributed by atoms with van der Waals surface area (Å²) < 4.78 is 41.4. The van der Waals surface area contributed by atoms with Crippen molar-refractivity contribution >= 4 is 17.6 Å². The van der Waals surface area contributed by atoms with Gasteiger partial charge in [-0.25, -0.2) is 14.4 Å². The van der Waals surface area contributed by atoms with Crippen LogP contribution in [0.2, 0.25) is 0 Å². The normalized spacial score (nSPS) is 16.6. The molecule has 2 heterocycles. The highest BCUT2D eigenvalue weighted by molar-refractivity contribution is 6.23. The number of aromatic nitrogens is 3. The molecular weight excluding hydrogens is 429 g/mol. The lowest BCUT2D eigenvalue weighted by atomic mass is 10.0. The molecule has 1 aromatic carbocycles. The molecule has 0 unspecified atom stereocenters. The average Bonchev–Trinajstić information content (AvgIpc) is 3.16. The summed E-state index contributed by atoms with van der Waals surface area (Å²) >= 11 is 0. The monoisotopic (exact) mass is 450 g/mol. The molecule has 0 radical (unpaired) electrons. The minimum atomic E-state index is -4.83. The van der Waals surface area contributed by atoms with Crippen LogP contribution in [-0.4, -0.2) is 48.1 Å². The summed E-state index contributed by atoms with van der Waals surface area (Å²) in [5, 5.41) is 26.7.